The number of piperidine rings is 1. The van der Waals surface area contributed by atoms with Crippen LogP contribution in [0.25, 0.3) is 11.4 Å². The molecule has 0 unspecified atom stereocenters. The summed E-state index contributed by atoms with van der Waals surface area (Å²) in [4.78, 5) is 14.8. The van der Waals surface area contributed by atoms with Crippen molar-refractivity contribution in [1.29, 1.82) is 0 Å². The fourth-order valence-corrected chi connectivity index (χ4v) is 3.76. The number of benzene rings is 1. The second kappa shape index (κ2) is 5.98. The van der Waals surface area contributed by atoms with Gasteiger partial charge in [0.15, 0.2) is 0 Å². The van der Waals surface area contributed by atoms with Crippen LogP contribution in [0.1, 0.15) is 41.6 Å². The number of likely N-dealkylation sites (tertiary alicyclic amines) is 1. The Labute approximate surface area is 140 Å². The van der Waals surface area contributed by atoms with Gasteiger partial charge in [0.05, 0.1) is 5.60 Å². The van der Waals surface area contributed by atoms with Crippen LogP contribution in [-0.2, 0) is 4.74 Å². The second-order valence-electron chi connectivity index (χ2n) is 6.69. The number of aryl methyl sites for hydroxylation is 1. The summed E-state index contributed by atoms with van der Waals surface area (Å²) < 4.78 is 5.94. The number of nitrogens with one attached hydrogen (secondary N) is 1. The van der Waals surface area contributed by atoms with Crippen LogP contribution in [0.15, 0.2) is 18.2 Å². The van der Waals surface area contributed by atoms with Crippen LogP contribution in [0, 0.1) is 6.92 Å². The molecule has 2 saturated heterocycles. The first-order valence-electron chi connectivity index (χ1n) is 8.45. The smallest absolute Gasteiger partial charge is 0.254 e. The Hall–Kier alpha value is -2.28. The van der Waals surface area contributed by atoms with Crippen LogP contribution in [0.5, 0.6) is 0 Å². The van der Waals surface area contributed by atoms with Crippen LogP contribution < -0.4 is 0 Å². The van der Waals surface area contributed by atoms with E-state index in [0.717, 1.165) is 62.1 Å². The Balaban J connectivity index is 1.49. The minimum Gasteiger partial charge on any atom is -0.375 e. The van der Waals surface area contributed by atoms with E-state index in [4.69, 9.17) is 4.74 Å². The molecule has 0 radical (unpaired) electrons. The lowest BCUT2D eigenvalue weighted by atomic mass is 9.88. The van der Waals surface area contributed by atoms with E-state index in [9.17, 15) is 4.79 Å². The molecule has 7 nitrogen and oxygen atoms in total. The number of nitrogens with zero attached hydrogens (tertiary/aromatic N) is 4. The third-order valence-electron chi connectivity index (χ3n) is 5.21. The van der Waals surface area contributed by atoms with Gasteiger partial charge in [-0.1, -0.05) is 6.07 Å². The van der Waals surface area contributed by atoms with E-state index in [1.807, 2.05) is 30.0 Å². The number of tetrazole rings is 1. The zero-order valence-corrected chi connectivity index (χ0v) is 13.8. The van der Waals surface area contributed by atoms with E-state index in [0.29, 0.717) is 5.82 Å². The topological polar surface area (TPSA) is 84.0 Å². The highest BCUT2D eigenvalue weighted by atomic mass is 16.5. The molecular weight excluding hydrogens is 306 g/mol. The minimum atomic E-state index is 0.0360. The molecule has 2 fully saturated rings. The quantitative estimate of drug-likeness (QED) is 0.911. The molecule has 1 aromatic heterocycles. The Kier molecular flexibility index (Phi) is 3.80. The van der Waals surface area contributed by atoms with Crippen molar-refractivity contribution >= 4 is 5.91 Å². The molecule has 0 aliphatic carbocycles. The number of carbonyl (C=O) groups excluding carboxylic acids is 1. The van der Waals surface area contributed by atoms with Gasteiger partial charge >= 0.3 is 0 Å². The standard InChI is InChI=1S/C17H21N5O2/c1-12-11-13(15-18-20-21-19-15)3-4-14(12)16(23)22-8-6-17(7-9-22)5-2-10-24-17/h3-4,11H,2,5-10H2,1H3,(H,18,19,20,21). The normalized spacial score (nSPS) is 19.8. The van der Waals surface area contributed by atoms with Crippen molar-refractivity contribution in [1.82, 2.24) is 25.5 Å². The van der Waals surface area contributed by atoms with Crippen molar-refractivity contribution in [3.05, 3.63) is 29.3 Å². The summed E-state index contributed by atoms with van der Waals surface area (Å²) in [5.41, 5.74) is 2.56. The fraction of sp³-hybridized carbons (Fsp3) is 0.529. The molecule has 4 rings (SSSR count). The third-order valence-corrected chi connectivity index (χ3v) is 5.21. The van der Waals surface area contributed by atoms with Crippen LogP contribution >= 0.6 is 0 Å². The average Bonchev–Trinajstić information content (AvgIpc) is 3.27. The van der Waals surface area contributed by atoms with Gasteiger partial charge in [-0.05, 0) is 55.5 Å². The van der Waals surface area contributed by atoms with Crippen LogP contribution in [-0.4, -0.2) is 56.7 Å². The Morgan fingerprint density at radius 1 is 1.29 bits per heavy atom. The van der Waals surface area contributed by atoms with E-state index in [-0.39, 0.29) is 11.5 Å². The highest BCUT2D eigenvalue weighted by molar-refractivity contribution is 5.96. The van der Waals surface area contributed by atoms with Gasteiger partial charge in [0.2, 0.25) is 5.82 Å². The molecule has 1 N–H and O–H groups in total. The molecule has 1 amide bonds. The summed E-state index contributed by atoms with van der Waals surface area (Å²) in [7, 11) is 0. The largest absolute Gasteiger partial charge is 0.375 e. The zero-order valence-electron chi connectivity index (χ0n) is 13.8. The van der Waals surface area contributed by atoms with E-state index >= 15 is 0 Å². The van der Waals surface area contributed by atoms with Crippen molar-refractivity contribution in [2.24, 2.45) is 0 Å². The SMILES string of the molecule is Cc1cc(-c2nn[nH]n2)ccc1C(=O)N1CCC2(CCCO2)CC1. The molecule has 1 spiro atoms. The van der Waals surface area contributed by atoms with Gasteiger partial charge in [0.1, 0.15) is 0 Å². The first-order chi connectivity index (χ1) is 11.7. The number of H-pyrrole nitrogens is 1. The van der Waals surface area contributed by atoms with Crippen LogP contribution in [0.3, 0.4) is 0 Å². The van der Waals surface area contributed by atoms with Crippen LogP contribution in [0.4, 0.5) is 0 Å². The Bertz CT molecular complexity index is 727. The molecule has 2 aliphatic heterocycles. The van der Waals surface area contributed by atoms with Gasteiger partial charge in [0.25, 0.3) is 5.91 Å². The van der Waals surface area contributed by atoms with Gasteiger partial charge in [-0.25, -0.2) is 0 Å². The molecule has 0 atom stereocenters. The average molecular weight is 327 g/mol. The predicted octanol–water partition coefficient (Wildman–Crippen LogP) is 1.96. The molecule has 3 heterocycles. The predicted molar refractivity (Wildman–Crippen MR) is 87.4 cm³/mol. The zero-order chi connectivity index (χ0) is 16.6. The monoisotopic (exact) mass is 327 g/mol. The van der Waals surface area contributed by atoms with Gasteiger partial charge in [-0.15, -0.1) is 10.2 Å². The minimum absolute atomic E-state index is 0.0360. The van der Waals surface area contributed by atoms with Gasteiger partial charge in [0, 0.05) is 30.8 Å². The highest BCUT2D eigenvalue weighted by Crippen LogP contribution is 2.36. The molecule has 0 saturated carbocycles. The lowest BCUT2D eigenvalue weighted by Crippen LogP contribution is -2.46. The number of hydrogen-bond donors (Lipinski definition) is 1. The van der Waals surface area contributed by atoms with E-state index < -0.39 is 0 Å². The van der Waals surface area contributed by atoms with Crippen molar-refractivity contribution < 1.29 is 9.53 Å². The number of aromatic nitrogens is 4. The maximum absolute atomic E-state index is 12.9. The lowest BCUT2D eigenvalue weighted by molar-refractivity contribution is -0.0387. The molecular formula is C17H21N5O2. The highest BCUT2D eigenvalue weighted by Gasteiger charge is 2.39. The maximum atomic E-state index is 12.9. The number of amides is 1. The van der Waals surface area contributed by atoms with E-state index in [1.54, 1.807) is 0 Å². The number of ether oxygens (including phenoxy) is 1. The molecule has 0 bridgehead atoms. The van der Waals surface area contributed by atoms with E-state index in [2.05, 4.69) is 20.6 Å². The van der Waals surface area contributed by atoms with Gasteiger partial charge < -0.3 is 9.64 Å². The summed E-state index contributed by atoms with van der Waals surface area (Å²) in [6.45, 7) is 4.35. The van der Waals surface area contributed by atoms with Crippen molar-refractivity contribution in [2.45, 2.75) is 38.2 Å². The molecule has 2 aromatic rings. The third kappa shape index (κ3) is 2.69. The summed E-state index contributed by atoms with van der Waals surface area (Å²) in [6, 6.07) is 5.67. The van der Waals surface area contributed by atoms with Gasteiger partial charge in [-0.2, -0.15) is 5.21 Å². The van der Waals surface area contributed by atoms with Crippen molar-refractivity contribution in [3.8, 4) is 11.4 Å². The van der Waals surface area contributed by atoms with E-state index in [1.165, 1.54) is 0 Å². The Morgan fingerprint density at radius 3 is 2.75 bits per heavy atom. The first kappa shape index (κ1) is 15.3. The number of carbonyl (C=O) groups is 1. The summed E-state index contributed by atoms with van der Waals surface area (Å²) in [6.07, 6.45) is 4.16. The number of aromatic amines is 1. The summed E-state index contributed by atoms with van der Waals surface area (Å²) in [5, 5.41) is 14.0. The van der Waals surface area contributed by atoms with Gasteiger partial charge in [-0.3, -0.25) is 4.79 Å². The maximum Gasteiger partial charge on any atom is 0.254 e. The molecule has 126 valence electrons. The molecule has 1 aromatic carbocycles. The fourth-order valence-electron chi connectivity index (χ4n) is 3.76. The summed E-state index contributed by atoms with van der Waals surface area (Å²) >= 11 is 0. The van der Waals surface area contributed by atoms with Crippen molar-refractivity contribution in [2.75, 3.05) is 19.7 Å². The molecule has 24 heavy (non-hydrogen) atoms. The first-order valence-corrected chi connectivity index (χ1v) is 8.45. The second-order valence-corrected chi connectivity index (χ2v) is 6.69. The summed E-state index contributed by atoms with van der Waals surface area (Å²) in [5.74, 6) is 0.635. The lowest BCUT2D eigenvalue weighted by Gasteiger charge is -2.38. The molecule has 2 aliphatic rings. The van der Waals surface area contributed by atoms with Crippen LogP contribution in [0.2, 0.25) is 0 Å². The number of hydrogen-bond acceptors (Lipinski definition) is 5. The number of rotatable bonds is 2. The Morgan fingerprint density at radius 2 is 2.12 bits per heavy atom. The molecule has 7 heteroatoms. The van der Waals surface area contributed by atoms with Crippen molar-refractivity contribution in [3.63, 3.8) is 0 Å².